The van der Waals surface area contributed by atoms with E-state index in [0.29, 0.717) is 13.2 Å². The van der Waals surface area contributed by atoms with Gasteiger partial charge in [0, 0.05) is 19.7 Å². The van der Waals surface area contributed by atoms with Crippen LogP contribution in [0.3, 0.4) is 0 Å². The highest BCUT2D eigenvalue weighted by Gasteiger charge is 2.18. The maximum Gasteiger partial charge on any atom is 0.240 e. The Kier molecular flexibility index (Phi) is 7.88. The summed E-state index contributed by atoms with van der Waals surface area (Å²) in [6.45, 7) is 3.00. The number of nitrogens with two attached hydrogens (primary N) is 1. The summed E-state index contributed by atoms with van der Waals surface area (Å²) in [6, 6.07) is 6.68. The topological polar surface area (TPSA) is 81.4 Å². The van der Waals surface area contributed by atoms with Gasteiger partial charge in [0.05, 0.1) is 11.5 Å². The van der Waals surface area contributed by atoms with E-state index in [0.717, 1.165) is 31.2 Å². The van der Waals surface area contributed by atoms with E-state index in [1.807, 2.05) is 12.1 Å². The van der Waals surface area contributed by atoms with Crippen LogP contribution in [0.5, 0.6) is 0 Å². The van der Waals surface area contributed by atoms with Crippen molar-refractivity contribution in [1.82, 2.24) is 4.72 Å². The van der Waals surface area contributed by atoms with Gasteiger partial charge in [-0.15, -0.1) is 0 Å². The highest BCUT2D eigenvalue weighted by atomic mass is 32.2. The Morgan fingerprint density at radius 2 is 1.95 bits per heavy atom. The summed E-state index contributed by atoms with van der Waals surface area (Å²) in [5.41, 5.74) is 6.69. The molecule has 0 saturated carbocycles. The molecular weight excluding hydrogens is 288 g/mol. The molecule has 6 heteroatoms. The number of ether oxygens (including phenoxy) is 1. The second kappa shape index (κ2) is 9.15. The van der Waals surface area contributed by atoms with Gasteiger partial charge in [-0.25, -0.2) is 13.1 Å². The van der Waals surface area contributed by atoms with Gasteiger partial charge in [0.2, 0.25) is 10.0 Å². The molecule has 1 rings (SSSR count). The molecule has 0 amide bonds. The maximum atomic E-state index is 12.3. The number of hydrogen-bond acceptors (Lipinski definition) is 4. The third-order valence-electron chi connectivity index (χ3n) is 3.34. The predicted octanol–water partition coefficient (Wildman–Crippen LogP) is 1.67. The Morgan fingerprint density at radius 1 is 1.29 bits per heavy atom. The molecule has 0 spiro atoms. The summed E-state index contributed by atoms with van der Waals surface area (Å²) in [6.07, 6.45) is 3.51. The van der Waals surface area contributed by atoms with Crippen LogP contribution < -0.4 is 10.5 Å². The average molecular weight is 314 g/mol. The predicted molar refractivity (Wildman–Crippen MR) is 84.7 cm³/mol. The van der Waals surface area contributed by atoms with Gasteiger partial charge in [0.1, 0.15) is 0 Å². The van der Waals surface area contributed by atoms with Crippen LogP contribution in [-0.2, 0) is 21.2 Å². The average Bonchev–Trinajstić information content (AvgIpc) is 2.49. The van der Waals surface area contributed by atoms with Gasteiger partial charge in [0.15, 0.2) is 0 Å². The minimum Gasteiger partial charge on any atom is -0.384 e. The zero-order valence-electron chi connectivity index (χ0n) is 12.8. The quantitative estimate of drug-likeness (QED) is 0.688. The molecule has 0 aliphatic heterocycles. The fourth-order valence-electron chi connectivity index (χ4n) is 2.02. The van der Waals surface area contributed by atoms with Crippen molar-refractivity contribution in [2.75, 3.05) is 20.3 Å². The van der Waals surface area contributed by atoms with Crippen molar-refractivity contribution in [3.05, 3.63) is 29.8 Å². The van der Waals surface area contributed by atoms with E-state index in [2.05, 4.69) is 11.6 Å². The third-order valence-corrected chi connectivity index (χ3v) is 4.88. The lowest BCUT2D eigenvalue weighted by atomic mass is 10.1. The lowest BCUT2D eigenvalue weighted by molar-refractivity contribution is 0.202. The minimum atomic E-state index is -3.50. The number of sulfonamides is 1. The first-order valence-electron chi connectivity index (χ1n) is 7.33. The zero-order chi connectivity index (χ0) is 15.7. The van der Waals surface area contributed by atoms with Crippen LogP contribution in [0.25, 0.3) is 0 Å². The van der Waals surface area contributed by atoms with E-state index in [1.165, 1.54) is 0 Å². The van der Waals surface area contributed by atoms with E-state index in [-0.39, 0.29) is 10.9 Å². The minimum absolute atomic E-state index is 0.205. The lowest BCUT2D eigenvalue weighted by Crippen LogP contribution is -2.40. The summed E-state index contributed by atoms with van der Waals surface area (Å²) < 4.78 is 32.3. The van der Waals surface area contributed by atoms with Crippen LogP contribution >= 0.6 is 0 Å². The molecule has 1 atom stereocenters. The first-order chi connectivity index (χ1) is 10.0. The first-order valence-corrected chi connectivity index (χ1v) is 8.82. The van der Waals surface area contributed by atoms with Gasteiger partial charge in [-0.3, -0.25) is 0 Å². The largest absolute Gasteiger partial charge is 0.384 e. The van der Waals surface area contributed by atoms with Gasteiger partial charge in [-0.05, 0) is 30.5 Å². The standard InChI is InChI=1S/C15H26N2O3S/c1-3-4-5-14(12-16)17-21(18,19)15-8-6-13(7-9-15)10-11-20-2/h6-9,14,17H,3-5,10-12,16H2,1-2H3. The zero-order valence-corrected chi connectivity index (χ0v) is 13.7. The van der Waals surface area contributed by atoms with Gasteiger partial charge >= 0.3 is 0 Å². The van der Waals surface area contributed by atoms with Crippen LogP contribution in [0.1, 0.15) is 31.7 Å². The van der Waals surface area contributed by atoms with E-state index >= 15 is 0 Å². The van der Waals surface area contributed by atoms with Crippen molar-refractivity contribution in [3.8, 4) is 0 Å². The third kappa shape index (κ3) is 6.13. The Balaban J connectivity index is 2.72. The Hall–Kier alpha value is -0.950. The summed E-state index contributed by atoms with van der Waals surface area (Å²) in [5.74, 6) is 0. The Bertz CT molecular complexity index is 500. The molecule has 21 heavy (non-hydrogen) atoms. The molecule has 0 saturated heterocycles. The van der Waals surface area contributed by atoms with Gasteiger partial charge < -0.3 is 10.5 Å². The van der Waals surface area contributed by atoms with Crippen LogP contribution in [0.2, 0.25) is 0 Å². The number of nitrogens with one attached hydrogen (secondary N) is 1. The van der Waals surface area contributed by atoms with Gasteiger partial charge in [0.25, 0.3) is 0 Å². The van der Waals surface area contributed by atoms with E-state index in [1.54, 1.807) is 19.2 Å². The molecule has 1 aromatic carbocycles. The molecular formula is C15H26N2O3S. The van der Waals surface area contributed by atoms with E-state index in [9.17, 15) is 8.42 Å². The Labute approximate surface area is 127 Å². The number of hydrogen-bond donors (Lipinski definition) is 2. The smallest absolute Gasteiger partial charge is 0.240 e. The SMILES string of the molecule is CCCCC(CN)NS(=O)(=O)c1ccc(CCOC)cc1. The van der Waals surface area contributed by atoms with Crippen LogP contribution in [-0.4, -0.2) is 34.7 Å². The molecule has 0 radical (unpaired) electrons. The fourth-order valence-corrected chi connectivity index (χ4v) is 3.30. The van der Waals surface area contributed by atoms with E-state index < -0.39 is 10.0 Å². The molecule has 1 aromatic rings. The molecule has 0 aromatic heterocycles. The summed E-state index contributed by atoms with van der Waals surface area (Å²) in [7, 11) is -1.86. The van der Waals surface area contributed by atoms with Gasteiger partial charge in [-0.1, -0.05) is 31.9 Å². The summed E-state index contributed by atoms with van der Waals surface area (Å²) in [5, 5.41) is 0. The van der Waals surface area contributed by atoms with Crippen molar-refractivity contribution in [2.45, 2.75) is 43.5 Å². The Morgan fingerprint density at radius 3 is 2.48 bits per heavy atom. The van der Waals surface area contributed by atoms with Crippen molar-refractivity contribution >= 4 is 10.0 Å². The van der Waals surface area contributed by atoms with E-state index in [4.69, 9.17) is 10.5 Å². The normalized spacial score (nSPS) is 13.3. The number of unbranched alkanes of at least 4 members (excludes halogenated alkanes) is 1. The molecule has 5 nitrogen and oxygen atoms in total. The second-order valence-electron chi connectivity index (χ2n) is 5.08. The molecule has 3 N–H and O–H groups in total. The second-order valence-corrected chi connectivity index (χ2v) is 6.80. The fraction of sp³-hybridized carbons (Fsp3) is 0.600. The maximum absolute atomic E-state index is 12.3. The molecule has 1 unspecified atom stereocenters. The molecule has 0 fully saturated rings. The highest BCUT2D eigenvalue weighted by molar-refractivity contribution is 7.89. The van der Waals surface area contributed by atoms with Crippen LogP contribution in [0.4, 0.5) is 0 Å². The lowest BCUT2D eigenvalue weighted by Gasteiger charge is -2.16. The summed E-state index contributed by atoms with van der Waals surface area (Å²) in [4.78, 5) is 0.276. The van der Waals surface area contributed by atoms with Crippen molar-refractivity contribution < 1.29 is 13.2 Å². The monoisotopic (exact) mass is 314 g/mol. The van der Waals surface area contributed by atoms with Crippen LogP contribution in [0, 0.1) is 0 Å². The number of rotatable bonds is 10. The van der Waals surface area contributed by atoms with Crippen molar-refractivity contribution in [1.29, 1.82) is 0 Å². The molecule has 0 heterocycles. The highest BCUT2D eigenvalue weighted by Crippen LogP contribution is 2.12. The molecule has 0 aliphatic rings. The first kappa shape index (κ1) is 18.1. The van der Waals surface area contributed by atoms with Gasteiger partial charge in [-0.2, -0.15) is 0 Å². The number of benzene rings is 1. The number of methoxy groups -OCH3 is 1. The van der Waals surface area contributed by atoms with Crippen molar-refractivity contribution in [2.24, 2.45) is 5.73 Å². The molecule has 120 valence electrons. The summed E-state index contributed by atoms with van der Waals surface area (Å²) >= 11 is 0. The van der Waals surface area contributed by atoms with Crippen molar-refractivity contribution in [3.63, 3.8) is 0 Å². The molecule has 0 aliphatic carbocycles. The molecule has 0 bridgehead atoms. The van der Waals surface area contributed by atoms with Crippen LogP contribution in [0.15, 0.2) is 29.2 Å².